The third-order valence-corrected chi connectivity index (χ3v) is 3.05. The lowest BCUT2D eigenvalue weighted by Gasteiger charge is -2.24. The molecule has 1 atom stereocenters. The lowest BCUT2D eigenvalue weighted by atomic mass is 10.1. The molecule has 20 heavy (non-hydrogen) atoms. The van der Waals surface area contributed by atoms with Gasteiger partial charge < -0.3 is 4.74 Å². The van der Waals surface area contributed by atoms with Crippen molar-refractivity contribution in [1.29, 1.82) is 0 Å². The van der Waals surface area contributed by atoms with Gasteiger partial charge in [-0.2, -0.15) is 0 Å². The number of amides is 2. The number of imide groups is 1. The molecule has 0 bridgehead atoms. The third-order valence-electron chi connectivity index (χ3n) is 3.05. The minimum absolute atomic E-state index is 0.222. The Kier molecular flexibility index (Phi) is 3.70. The fourth-order valence-electron chi connectivity index (χ4n) is 2.01. The Morgan fingerprint density at radius 2 is 1.75 bits per heavy atom. The molecule has 5 nitrogen and oxygen atoms in total. The minimum atomic E-state index is -0.911. The fourth-order valence-corrected chi connectivity index (χ4v) is 2.01. The number of carbonyl (C=O) groups is 3. The smallest absolute Gasteiger partial charge is 0.335 e. The van der Waals surface area contributed by atoms with E-state index in [1.807, 2.05) is 0 Å². The third kappa shape index (κ3) is 2.22. The molecule has 0 saturated heterocycles. The summed E-state index contributed by atoms with van der Waals surface area (Å²) >= 11 is 0. The maximum Gasteiger partial charge on any atom is 0.335 e. The maximum atomic E-state index is 12.3. The van der Waals surface area contributed by atoms with Gasteiger partial charge in [0.15, 0.2) is 6.23 Å². The molecular formula is C15H15NO4. The van der Waals surface area contributed by atoms with Crippen molar-refractivity contribution in [1.82, 2.24) is 4.90 Å². The van der Waals surface area contributed by atoms with E-state index in [9.17, 15) is 14.4 Å². The van der Waals surface area contributed by atoms with Gasteiger partial charge in [0.1, 0.15) is 0 Å². The van der Waals surface area contributed by atoms with E-state index in [4.69, 9.17) is 4.74 Å². The summed E-state index contributed by atoms with van der Waals surface area (Å²) in [5.41, 5.74) is 0.893. The number of benzene rings is 1. The van der Waals surface area contributed by atoms with E-state index in [1.165, 1.54) is 6.92 Å². The second-order valence-electron chi connectivity index (χ2n) is 4.57. The average molecular weight is 273 g/mol. The van der Waals surface area contributed by atoms with Gasteiger partial charge in [-0.1, -0.05) is 25.6 Å². The standard InChI is InChI=1S/C15H15NO4/c1-4-12(20-15(19)9(2)3)16-13(17)10-7-5-6-8-11(10)14(16)18/h5-8,12H,2,4H2,1,3H3. The number of esters is 1. The van der Waals surface area contributed by atoms with Gasteiger partial charge in [-0.3, -0.25) is 9.59 Å². The van der Waals surface area contributed by atoms with Crippen molar-refractivity contribution in [2.45, 2.75) is 26.5 Å². The fraction of sp³-hybridized carbons (Fsp3) is 0.267. The van der Waals surface area contributed by atoms with Gasteiger partial charge >= 0.3 is 5.97 Å². The van der Waals surface area contributed by atoms with Crippen molar-refractivity contribution in [3.8, 4) is 0 Å². The predicted molar refractivity (Wildman–Crippen MR) is 71.9 cm³/mol. The lowest BCUT2D eigenvalue weighted by molar-refractivity contribution is -0.149. The van der Waals surface area contributed by atoms with Crippen LogP contribution in [0, 0.1) is 0 Å². The van der Waals surface area contributed by atoms with E-state index in [2.05, 4.69) is 6.58 Å². The summed E-state index contributed by atoms with van der Waals surface area (Å²) in [5, 5.41) is 0. The average Bonchev–Trinajstić information content (AvgIpc) is 2.69. The first-order valence-corrected chi connectivity index (χ1v) is 6.30. The molecule has 1 unspecified atom stereocenters. The van der Waals surface area contributed by atoms with Gasteiger partial charge in [0, 0.05) is 12.0 Å². The zero-order chi connectivity index (χ0) is 14.9. The normalized spacial score (nSPS) is 15.0. The van der Waals surface area contributed by atoms with Gasteiger partial charge in [-0.25, -0.2) is 9.69 Å². The summed E-state index contributed by atoms with van der Waals surface area (Å²) in [6, 6.07) is 6.55. The first-order chi connectivity index (χ1) is 9.47. The Morgan fingerprint density at radius 3 is 2.15 bits per heavy atom. The quantitative estimate of drug-likeness (QED) is 0.479. The zero-order valence-electron chi connectivity index (χ0n) is 11.4. The number of ether oxygens (including phenoxy) is 1. The summed E-state index contributed by atoms with van der Waals surface area (Å²) in [5.74, 6) is -1.49. The van der Waals surface area contributed by atoms with E-state index in [0.29, 0.717) is 17.5 Å². The van der Waals surface area contributed by atoms with Crippen LogP contribution in [0.2, 0.25) is 0 Å². The van der Waals surface area contributed by atoms with Gasteiger partial charge in [0.2, 0.25) is 0 Å². The van der Waals surface area contributed by atoms with Crippen LogP contribution in [0.15, 0.2) is 36.4 Å². The molecule has 1 aromatic carbocycles. The van der Waals surface area contributed by atoms with Crippen LogP contribution in [0.4, 0.5) is 0 Å². The molecule has 0 saturated carbocycles. The van der Waals surface area contributed by atoms with Gasteiger partial charge in [0.05, 0.1) is 11.1 Å². The van der Waals surface area contributed by atoms with Crippen molar-refractivity contribution in [3.05, 3.63) is 47.5 Å². The van der Waals surface area contributed by atoms with E-state index < -0.39 is 24.0 Å². The van der Waals surface area contributed by atoms with Crippen LogP contribution in [0.3, 0.4) is 0 Å². The molecular weight excluding hydrogens is 258 g/mol. The Labute approximate surface area is 116 Å². The van der Waals surface area contributed by atoms with Crippen LogP contribution in [-0.4, -0.2) is 28.9 Å². The van der Waals surface area contributed by atoms with Crippen molar-refractivity contribution >= 4 is 17.8 Å². The molecule has 0 aromatic heterocycles. The minimum Gasteiger partial charge on any atom is -0.438 e. The molecule has 2 rings (SSSR count). The number of fused-ring (bicyclic) bond motifs is 1. The maximum absolute atomic E-state index is 12.3. The van der Waals surface area contributed by atoms with Crippen LogP contribution in [-0.2, 0) is 9.53 Å². The highest BCUT2D eigenvalue weighted by Gasteiger charge is 2.40. The largest absolute Gasteiger partial charge is 0.438 e. The van der Waals surface area contributed by atoms with E-state index in [1.54, 1.807) is 31.2 Å². The molecule has 104 valence electrons. The molecule has 0 aliphatic carbocycles. The van der Waals surface area contributed by atoms with Crippen LogP contribution < -0.4 is 0 Å². The highest BCUT2D eigenvalue weighted by atomic mass is 16.6. The molecule has 0 fully saturated rings. The predicted octanol–water partition coefficient (Wildman–Crippen LogP) is 2.14. The monoisotopic (exact) mass is 273 g/mol. The Bertz CT molecular complexity index is 571. The zero-order valence-corrected chi connectivity index (χ0v) is 11.4. The van der Waals surface area contributed by atoms with E-state index in [-0.39, 0.29) is 5.57 Å². The number of rotatable bonds is 4. The number of nitrogens with zero attached hydrogens (tertiary/aromatic N) is 1. The van der Waals surface area contributed by atoms with Gasteiger partial charge in [-0.15, -0.1) is 0 Å². The molecule has 0 N–H and O–H groups in total. The number of hydrogen-bond donors (Lipinski definition) is 0. The highest BCUT2D eigenvalue weighted by molar-refractivity contribution is 6.21. The lowest BCUT2D eigenvalue weighted by Crippen LogP contribution is -2.42. The Balaban J connectivity index is 2.29. The topological polar surface area (TPSA) is 63.7 Å². The Hall–Kier alpha value is -2.43. The molecule has 1 aliphatic heterocycles. The summed E-state index contributed by atoms with van der Waals surface area (Å²) in [6.07, 6.45) is -0.587. The van der Waals surface area contributed by atoms with Crippen molar-refractivity contribution in [2.24, 2.45) is 0 Å². The molecule has 1 heterocycles. The van der Waals surface area contributed by atoms with Crippen LogP contribution >= 0.6 is 0 Å². The second kappa shape index (κ2) is 5.28. The van der Waals surface area contributed by atoms with Crippen LogP contribution in [0.5, 0.6) is 0 Å². The first-order valence-electron chi connectivity index (χ1n) is 6.30. The van der Waals surface area contributed by atoms with E-state index in [0.717, 1.165) is 4.90 Å². The number of hydrogen-bond acceptors (Lipinski definition) is 4. The summed E-state index contributed by atoms with van der Waals surface area (Å²) in [4.78, 5) is 37.1. The van der Waals surface area contributed by atoms with Crippen molar-refractivity contribution in [3.63, 3.8) is 0 Å². The Morgan fingerprint density at radius 1 is 1.25 bits per heavy atom. The number of carbonyl (C=O) groups excluding carboxylic acids is 3. The first kappa shape index (κ1) is 14.0. The van der Waals surface area contributed by atoms with Gasteiger partial charge in [0.25, 0.3) is 11.8 Å². The van der Waals surface area contributed by atoms with Crippen molar-refractivity contribution < 1.29 is 19.1 Å². The van der Waals surface area contributed by atoms with Gasteiger partial charge in [-0.05, 0) is 19.1 Å². The molecule has 2 amide bonds. The van der Waals surface area contributed by atoms with Crippen LogP contribution in [0.25, 0.3) is 0 Å². The summed E-state index contributed by atoms with van der Waals surface area (Å²) < 4.78 is 5.16. The molecule has 1 aliphatic rings. The summed E-state index contributed by atoms with van der Waals surface area (Å²) in [6.45, 7) is 6.73. The van der Waals surface area contributed by atoms with E-state index >= 15 is 0 Å². The molecule has 0 spiro atoms. The highest BCUT2D eigenvalue weighted by Crippen LogP contribution is 2.26. The van der Waals surface area contributed by atoms with Crippen molar-refractivity contribution in [2.75, 3.05) is 0 Å². The summed E-state index contributed by atoms with van der Waals surface area (Å²) in [7, 11) is 0. The second-order valence-corrected chi connectivity index (χ2v) is 4.57. The molecule has 1 aromatic rings. The molecule has 0 radical (unpaired) electrons. The SMILES string of the molecule is C=C(C)C(=O)OC(CC)N1C(=O)c2ccccc2C1=O. The molecule has 5 heteroatoms. The van der Waals surface area contributed by atoms with Crippen LogP contribution in [0.1, 0.15) is 41.0 Å².